The third-order valence-electron chi connectivity index (χ3n) is 9.93. The molecule has 0 saturated heterocycles. The van der Waals surface area contributed by atoms with E-state index in [1.54, 1.807) is 0 Å². The van der Waals surface area contributed by atoms with Crippen molar-refractivity contribution in [2.45, 2.75) is 20.8 Å². The van der Waals surface area contributed by atoms with E-state index in [1.165, 1.54) is 16.7 Å². The van der Waals surface area contributed by atoms with Gasteiger partial charge in [-0.15, -0.1) is 0 Å². The van der Waals surface area contributed by atoms with Crippen LogP contribution in [0.3, 0.4) is 0 Å². The summed E-state index contributed by atoms with van der Waals surface area (Å²) in [5.74, 6) is 1.73. The SMILES string of the molecule is Cc1ccc2c(N(c3ccccc3)c3ccc4ccccc4n3)c3cc(C)c(C)cc3c(N(c3ccccc3)c3ccc4ccccc4n3)c2c1. The van der Waals surface area contributed by atoms with Crippen molar-refractivity contribution in [3.63, 3.8) is 0 Å². The zero-order chi connectivity index (χ0) is 34.5. The van der Waals surface area contributed by atoms with Crippen LogP contribution in [0.4, 0.5) is 34.4 Å². The van der Waals surface area contributed by atoms with Gasteiger partial charge in [0, 0.05) is 43.7 Å². The highest BCUT2D eigenvalue weighted by Crippen LogP contribution is 2.51. The van der Waals surface area contributed by atoms with E-state index in [1.807, 2.05) is 0 Å². The normalized spacial score (nSPS) is 11.4. The van der Waals surface area contributed by atoms with Gasteiger partial charge in [-0.2, -0.15) is 0 Å². The molecule has 2 aromatic heterocycles. The summed E-state index contributed by atoms with van der Waals surface area (Å²) >= 11 is 0. The second-order valence-electron chi connectivity index (χ2n) is 13.3. The van der Waals surface area contributed by atoms with E-state index in [9.17, 15) is 0 Å². The lowest BCUT2D eigenvalue weighted by Crippen LogP contribution is -2.16. The minimum Gasteiger partial charge on any atom is -0.294 e. The Bertz CT molecular complexity index is 2740. The van der Waals surface area contributed by atoms with Crippen LogP contribution in [0.2, 0.25) is 0 Å². The zero-order valence-electron chi connectivity index (χ0n) is 28.9. The molecular weight excluding hydrogens is 621 g/mol. The molecule has 9 aromatic rings. The molecule has 0 aliphatic carbocycles. The summed E-state index contributed by atoms with van der Waals surface area (Å²) in [5, 5.41) is 6.79. The zero-order valence-corrected chi connectivity index (χ0v) is 28.9. The molecule has 0 saturated carbocycles. The average Bonchev–Trinajstić information content (AvgIpc) is 3.17. The number of hydrogen-bond acceptors (Lipinski definition) is 4. The molecule has 0 radical (unpaired) electrons. The van der Waals surface area contributed by atoms with Crippen molar-refractivity contribution in [2.24, 2.45) is 0 Å². The highest BCUT2D eigenvalue weighted by atomic mass is 15.2. The molecule has 51 heavy (non-hydrogen) atoms. The van der Waals surface area contributed by atoms with Crippen molar-refractivity contribution in [3.8, 4) is 0 Å². The molecule has 0 amide bonds. The van der Waals surface area contributed by atoms with Gasteiger partial charge in [-0.1, -0.05) is 90.5 Å². The Labute approximate surface area is 297 Å². The largest absolute Gasteiger partial charge is 0.294 e. The molecule has 7 aromatic carbocycles. The highest BCUT2D eigenvalue weighted by molar-refractivity contribution is 6.23. The van der Waals surface area contributed by atoms with Gasteiger partial charge in [-0.05, 0) is 111 Å². The summed E-state index contributed by atoms with van der Waals surface area (Å²) in [4.78, 5) is 15.3. The number of para-hydroxylation sites is 4. The first kappa shape index (κ1) is 30.5. The predicted octanol–water partition coefficient (Wildman–Crippen LogP) is 13.0. The standard InChI is InChI=1S/C47H36N4/c1-31-22-25-38-39(28-31)47(51(37-18-8-5-9-19-37)45-27-24-35-15-11-13-21-43(35)49-45)41-30-33(3)32(2)29-40(41)46(38)50(36-16-6-4-7-17-36)44-26-23-34-14-10-12-20-42(34)48-44/h4-30H,1-3H3. The monoisotopic (exact) mass is 656 g/mol. The van der Waals surface area contributed by atoms with Crippen molar-refractivity contribution < 1.29 is 0 Å². The topological polar surface area (TPSA) is 32.3 Å². The summed E-state index contributed by atoms with van der Waals surface area (Å²) in [6.45, 7) is 6.59. The summed E-state index contributed by atoms with van der Waals surface area (Å²) < 4.78 is 0. The number of pyridine rings is 2. The van der Waals surface area contributed by atoms with Crippen molar-refractivity contribution in [1.82, 2.24) is 9.97 Å². The number of hydrogen-bond donors (Lipinski definition) is 0. The third kappa shape index (κ3) is 5.33. The van der Waals surface area contributed by atoms with Gasteiger partial charge >= 0.3 is 0 Å². The molecule has 0 N–H and O–H groups in total. The molecule has 0 aliphatic heterocycles. The van der Waals surface area contributed by atoms with Gasteiger partial charge in [-0.25, -0.2) is 9.97 Å². The maximum Gasteiger partial charge on any atom is 0.138 e. The Morgan fingerprint density at radius 2 is 0.804 bits per heavy atom. The third-order valence-corrected chi connectivity index (χ3v) is 9.93. The van der Waals surface area contributed by atoms with Crippen molar-refractivity contribution in [1.29, 1.82) is 0 Å². The van der Waals surface area contributed by atoms with Crippen LogP contribution in [0, 0.1) is 20.8 Å². The van der Waals surface area contributed by atoms with Crippen LogP contribution >= 0.6 is 0 Å². The van der Waals surface area contributed by atoms with E-state index in [0.29, 0.717) is 0 Å². The van der Waals surface area contributed by atoms with Gasteiger partial charge in [0.2, 0.25) is 0 Å². The molecule has 9 rings (SSSR count). The molecular formula is C47H36N4. The number of rotatable bonds is 6. The fraction of sp³-hybridized carbons (Fsp3) is 0.0638. The Kier molecular flexibility index (Phi) is 7.44. The van der Waals surface area contributed by atoms with Crippen LogP contribution < -0.4 is 9.80 Å². The number of aromatic nitrogens is 2. The molecule has 0 aliphatic rings. The van der Waals surface area contributed by atoms with E-state index < -0.39 is 0 Å². The fourth-order valence-corrected chi connectivity index (χ4v) is 7.31. The minimum atomic E-state index is 0.866. The first-order valence-electron chi connectivity index (χ1n) is 17.4. The van der Waals surface area contributed by atoms with E-state index in [2.05, 4.69) is 194 Å². The highest BCUT2D eigenvalue weighted by Gasteiger charge is 2.27. The first-order chi connectivity index (χ1) is 25.0. The second-order valence-corrected chi connectivity index (χ2v) is 13.3. The molecule has 0 atom stereocenters. The van der Waals surface area contributed by atoms with Gasteiger partial charge in [0.15, 0.2) is 0 Å². The molecule has 0 fully saturated rings. The average molecular weight is 657 g/mol. The van der Waals surface area contributed by atoms with E-state index in [4.69, 9.17) is 9.97 Å². The second kappa shape index (κ2) is 12.4. The van der Waals surface area contributed by atoms with Crippen LogP contribution in [0.5, 0.6) is 0 Å². The number of anilines is 6. The van der Waals surface area contributed by atoms with Gasteiger partial charge in [-0.3, -0.25) is 9.80 Å². The summed E-state index contributed by atoms with van der Waals surface area (Å²) in [6, 6.07) is 58.1. The molecule has 244 valence electrons. The van der Waals surface area contributed by atoms with Crippen LogP contribution in [0.15, 0.2) is 164 Å². The summed E-state index contributed by atoms with van der Waals surface area (Å²) in [5.41, 5.74) is 9.87. The van der Waals surface area contributed by atoms with Gasteiger partial charge in [0.05, 0.1) is 22.4 Å². The van der Waals surface area contributed by atoms with Gasteiger partial charge in [0.1, 0.15) is 11.6 Å². The quantitative estimate of drug-likeness (QED) is 0.132. The van der Waals surface area contributed by atoms with E-state index in [-0.39, 0.29) is 0 Å². The number of benzene rings is 7. The number of nitrogens with zero attached hydrogens (tertiary/aromatic N) is 4. The predicted molar refractivity (Wildman–Crippen MR) is 216 cm³/mol. The Hall–Kier alpha value is -6.52. The molecule has 2 heterocycles. The van der Waals surface area contributed by atoms with Crippen molar-refractivity contribution in [2.75, 3.05) is 9.80 Å². The lowest BCUT2D eigenvalue weighted by molar-refractivity contribution is 1.21. The molecule has 0 bridgehead atoms. The van der Waals surface area contributed by atoms with Crippen LogP contribution in [-0.4, -0.2) is 9.97 Å². The Morgan fingerprint density at radius 1 is 0.373 bits per heavy atom. The molecule has 4 nitrogen and oxygen atoms in total. The van der Waals surface area contributed by atoms with Crippen LogP contribution in [0.1, 0.15) is 16.7 Å². The summed E-state index contributed by atoms with van der Waals surface area (Å²) in [6.07, 6.45) is 0. The van der Waals surface area contributed by atoms with E-state index in [0.717, 1.165) is 77.7 Å². The molecule has 0 unspecified atom stereocenters. The fourth-order valence-electron chi connectivity index (χ4n) is 7.31. The summed E-state index contributed by atoms with van der Waals surface area (Å²) in [7, 11) is 0. The Balaban J connectivity index is 1.44. The lowest BCUT2D eigenvalue weighted by atomic mass is 9.92. The van der Waals surface area contributed by atoms with Crippen molar-refractivity contribution >= 4 is 77.7 Å². The molecule has 0 spiro atoms. The maximum absolute atomic E-state index is 5.29. The number of aryl methyl sites for hydroxylation is 3. The van der Waals surface area contributed by atoms with E-state index >= 15 is 0 Å². The minimum absolute atomic E-state index is 0.866. The van der Waals surface area contributed by atoms with Gasteiger partial charge in [0.25, 0.3) is 0 Å². The van der Waals surface area contributed by atoms with Crippen LogP contribution in [0.25, 0.3) is 43.4 Å². The molecule has 4 heteroatoms. The first-order valence-corrected chi connectivity index (χ1v) is 17.4. The smallest absolute Gasteiger partial charge is 0.138 e. The number of fused-ring (bicyclic) bond motifs is 4. The van der Waals surface area contributed by atoms with Crippen molar-refractivity contribution in [3.05, 3.63) is 180 Å². The Morgan fingerprint density at radius 3 is 1.31 bits per heavy atom. The van der Waals surface area contributed by atoms with Crippen LogP contribution in [-0.2, 0) is 0 Å². The maximum atomic E-state index is 5.29. The van der Waals surface area contributed by atoms with Gasteiger partial charge < -0.3 is 0 Å². The lowest BCUT2D eigenvalue weighted by Gasteiger charge is -2.32.